The fourth-order valence-electron chi connectivity index (χ4n) is 3.33. The molecule has 1 aliphatic heterocycles. The number of aromatic nitrogens is 1. The van der Waals surface area contributed by atoms with Crippen molar-refractivity contribution in [2.24, 2.45) is 0 Å². The molecule has 1 aliphatic rings. The molecule has 3 aromatic rings. The van der Waals surface area contributed by atoms with E-state index < -0.39 is 0 Å². The number of benzene rings is 2. The number of para-hydroxylation sites is 1. The molecule has 130 valence electrons. The van der Waals surface area contributed by atoms with Crippen LogP contribution in [-0.2, 0) is 0 Å². The Morgan fingerprint density at radius 3 is 2.12 bits per heavy atom. The second kappa shape index (κ2) is 7.40. The van der Waals surface area contributed by atoms with Crippen molar-refractivity contribution in [3.63, 3.8) is 0 Å². The summed E-state index contributed by atoms with van der Waals surface area (Å²) in [5, 5.41) is 0. The summed E-state index contributed by atoms with van der Waals surface area (Å²) < 4.78 is 0. The van der Waals surface area contributed by atoms with Crippen molar-refractivity contribution in [3.05, 3.63) is 84.7 Å². The van der Waals surface area contributed by atoms with Gasteiger partial charge in [-0.05, 0) is 23.8 Å². The van der Waals surface area contributed by atoms with E-state index in [1.54, 1.807) is 12.4 Å². The molecule has 1 fully saturated rings. The minimum Gasteiger partial charge on any atom is -0.368 e. The van der Waals surface area contributed by atoms with Crippen LogP contribution in [0.25, 0.3) is 11.1 Å². The molecule has 0 N–H and O–H groups in total. The van der Waals surface area contributed by atoms with E-state index >= 15 is 0 Å². The number of pyridine rings is 1. The van der Waals surface area contributed by atoms with Crippen LogP contribution < -0.4 is 4.90 Å². The van der Waals surface area contributed by atoms with Crippen molar-refractivity contribution in [3.8, 4) is 11.1 Å². The van der Waals surface area contributed by atoms with E-state index in [-0.39, 0.29) is 5.91 Å². The average molecular weight is 343 g/mol. The zero-order chi connectivity index (χ0) is 17.8. The Morgan fingerprint density at radius 1 is 0.769 bits per heavy atom. The molecule has 0 atom stereocenters. The van der Waals surface area contributed by atoms with Crippen molar-refractivity contribution in [1.29, 1.82) is 0 Å². The van der Waals surface area contributed by atoms with Crippen LogP contribution in [0.5, 0.6) is 0 Å². The first-order chi connectivity index (χ1) is 12.8. The van der Waals surface area contributed by atoms with Gasteiger partial charge in [-0.15, -0.1) is 0 Å². The molecule has 1 aromatic heterocycles. The third-order valence-corrected chi connectivity index (χ3v) is 4.78. The van der Waals surface area contributed by atoms with Crippen molar-refractivity contribution >= 4 is 11.6 Å². The largest absolute Gasteiger partial charge is 0.368 e. The first kappa shape index (κ1) is 16.3. The molecule has 1 saturated heterocycles. The summed E-state index contributed by atoms with van der Waals surface area (Å²) in [7, 11) is 0. The molecule has 0 saturated carbocycles. The smallest absolute Gasteiger partial charge is 0.255 e. The van der Waals surface area contributed by atoms with Gasteiger partial charge in [-0.25, -0.2) is 0 Å². The lowest BCUT2D eigenvalue weighted by Crippen LogP contribution is -2.48. The molecular formula is C22H21N3O. The first-order valence-corrected chi connectivity index (χ1v) is 8.91. The van der Waals surface area contributed by atoms with E-state index in [0.29, 0.717) is 5.56 Å². The maximum Gasteiger partial charge on any atom is 0.255 e. The summed E-state index contributed by atoms with van der Waals surface area (Å²) >= 11 is 0. The summed E-state index contributed by atoms with van der Waals surface area (Å²) in [6.45, 7) is 3.15. The molecule has 0 bridgehead atoms. The van der Waals surface area contributed by atoms with E-state index in [1.807, 2.05) is 59.5 Å². The predicted octanol–water partition coefficient (Wildman–Crippen LogP) is 3.71. The van der Waals surface area contributed by atoms with Crippen molar-refractivity contribution in [1.82, 2.24) is 9.88 Å². The monoisotopic (exact) mass is 343 g/mol. The van der Waals surface area contributed by atoms with Gasteiger partial charge in [0.2, 0.25) is 0 Å². The molecule has 2 heterocycles. The van der Waals surface area contributed by atoms with Crippen molar-refractivity contribution < 1.29 is 4.79 Å². The summed E-state index contributed by atoms with van der Waals surface area (Å²) in [5.41, 5.74) is 3.91. The fraction of sp³-hybridized carbons (Fsp3) is 0.182. The van der Waals surface area contributed by atoms with Gasteiger partial charge in [-0.3, -0.25) is 9.78 Å². The van der Waals surface area contributed by atoms with Crippen molar-refractivity contribution in [2.45, 2.75) is 0 Å². The quantitative estimate of drug-likeness (QED) is 0.727. The lowest BCUT2D eigenvalue weighted by molar-refractivity contribution is 0.0746. The average Bonchev–Trinajstić information content (AvgIpc) is 2.75. The topological polar surface area (TPSA) is 36.4 Å². The third-order valence-electron chi connectivity index (χ3n) is 4.78. The molecule has 2 aromatic carbocycles. The van der Waals surface area contributed by atoms with Gasteiger partial charge in [-0.1, -0.05) is 48.5 Å². The van der Waals surface area contributed by atoms with Gasteiger partial charge in [0.1, 0.15) is 0 Å². The Morgan fingerprint density at radius 2 is 1.42 bits per heavy atom. The van der Waals surface area contributed by atoms with Crippen LogP contribution in [0.1, 0.15) is 10.4 Å². The second-order valence-electron chi connectivity index (χ2n) is 6.44. The molecule has 4 nitrogen and oxygen atoms in total. The Bertz CT molecular complexity index is 872. The molecule has 0 radical (unpaired) electrons. The number of hydrogen-bond donors (Lipinski definition) is 0. The van der Waals surface area contributed by atoms with E-state index in [9.17, 15) is 4.79 Å². The second-order valence-corrected chi connectivity index (χ2v) is 6.44. The Balaban J connectivity index is 1.46. The van der Waals surface area contributed by atoms with E-state index in [4.69, 9.17) is 0 Å². The molecule has 1 amide bonds. The third kappa shape index (κ3) is 3.45. The standard InChI is InChI=1S/C22H21N3O/c26-22(20-15-19(16-23-17-20)18-7-3-1-4-8-18)25-13-11-24(12-14-25)21-9-5-2-6-10-21/h1-10,15-17H,11-14H2. The highest BCUT2D eigenvalue weighted by Crippen LogP contribution is 2.21. The van der Waals surface area contributed by atoms with Crippen LogP contribution in [0.4, 0.5) is 5.69 Å². The normalized spacial score (nSPS) is 14.3. The van der Waals surface area contributed by atoms with Gasteiger partial charge in [0.15, 0.2) is 0 Å². The minimum absolute atomic E-state index is 0.0583. The number of rotatable bonds is 3. The molecule has 4 heteroatoms. The van der Waals surface area contributed by atoms with Crippen molar-refractivity contribution in [2.75, 3.05) is 31.1 Å². The lowest BCUT2D eigenvalue weighted by atomic mass is 10.1. The van der Waals surface area contributed by atoms with E-state index in [0.717, 1.165) is 37.3 Å². The molecule has 4 rings (SSSR count). The van der Waals surface area contributed by atoms with Gasteiger partial charge < -0.3 is 9.80 Å². The van der Waals surface area contributed by atoms with Gasteiger partial charge in [0.05, 0.1) is 5.56 Å². The van der Waals surface area contributed by atoms with Gasteiger partial charge in [-0.2, -0.15) is 0 Å². The number of anilines is 1. The van der Waals surface area contributed by atoms with Crippen LogP contribution in [0.2, 0.25) is 0 Å². The minimum atomic E-state index is 0.0583. The molecule has 0 spiro atoms. The Kier molecular flexibility index (Phi) is 4.65. The zero-order valence-electron chi connectivity index (χ0n) is 14.6. The maximum absolute atomic E-state index is 12.9. The highest BCUT2D eigenvalue weighted by Gasteiger charge is 2.22. The van der Waals surface area contributed by atoms with Crippen LogP contribution >= 0.6 is 0 Å². The zero-order valence-corrected chi connectivity index (χ0v) is 14.6. The van der Waals surface area contributed by atoms with E-state index in [2.05, 4.69) is 22.0 Å². The van der Waals surface area contributed by atoms with Crippen LogP contribution in [0, 0.1) is 0 Å². The number of carbonyl (C=O) groups is 1. The summed E-state index contributed by atoms with van der Waals surface area (Å²) in [5.74, 6) is 0.0583. The Hall–Kier alpha value is -3.14. The number of nitrogens with zero attached hydrogens (tertiary/aromatic N) is 3. The fourth-order valence-corrected chi connectivity index (χ4v) is 3.33. The molecular weight excluding hydrogens is 322 g/mol. The number of piperazine rings is 1. The SMILES string of the molecule is O=C(c1cncc(-c2ccccc2)c1)N1CCN(c2ccccc2)CC1. The highest BCUT2D eigenvalue weighted by atomic mass is 16.2. The van der Waals surface area contributed by atoms with Crippen LogP contribution in [0.3, 0.4) is 0 Å². The lowest BCUT2D eigenvalue weighted by Gasteiger charge is -2.36. The van der Waals surface area contributed by atoms with Crippen LogP contribution in [-0.4, -0.2) is 42.0 Å². The van der Waals surface area contributed by atoms with Crippen LogP contribution in [0.15, 0.2) is 79.1 Å². The van der Waals surface area contributed by atoms with Gasteiger partial charge >= 0.3 is 0 Å². The predicted molar refractivity (Wildman–Crippen MR) is 104 cm³/mol. The highest BCUT2D eigenvalue weighted by molar-refractivity contribution is 5.95. The summed E-state index contributed by atoms with van der Waals surface area (Å²) in [6, 6.07) is 22.3. The number of amides is 1. The first-order valence-electron chi connectivity index (χ1n) is 8.91. The Labute approximate surface area is 153 Å². The summed E-state index contributed by atoms with van der Waals surface area (Å²) in [4.78, 5) is 21.4. The van der Waals surface area contributed by atoms with Gasteiger partial charge in [0, 0.05) is 49.8 Å². The molecule has 0 aliphatic carbocycles. The van der Waals surface area contributed by atoms with Gasteiger partial charge in [0.25, 0.3) is 5.91 Å². The summed E-state index contributed by atoms with van der Waals surface area (Å²) in [6.07, 6.45) is 3.47. The number of hydrogen-bond acceptors (Lipinski definition) is 3. The number of carbonyl (C=O) groups excluding carboxylic acids is 1. The van der Waals surface area contributed by atoms with E-state index in [1.165, 1.54) is 5.69 Å². The molecule has 0 unspecified atom stereocenters. The maximum atomic E-state index is 12.9. The molecule has 26 heavy (non-hydrogen) atoms.